The van der Waals surface area contributed by atoms with E-state index in [4.69, 9.17) is 4.74 Å². The number of aromatic nitrogens is 3. The molecule has 0 aliphatic heterocycles. The summed E-state index contributed by atoms with van der Waals surface area (Å²) < 4.78 is 5.37. The number of ether oxygens (including phenoxy) is 1. The van der Waals surface area contributed by atoms with Crippen LogP contribution in [-0.4, -0.2) is 28.8 Å². The molecule has 0 bridgehead atoms. The third kappa shape index (κ3) is 4.03. The lowest BCUT2D eigenvalue weighted by Gasteiger charge is -2.21. The van der Waals surface area contributed by atoms with Gasteiger partial charge >= 0.3 is 0 Å². The van der Waals surface area contributed by atoms with Crippen LogP contribution >= 0.6 is 0 Å². The molecule has 0 saturated heterocycles. The first-order valence-corrected chi connectivity index (χ1v) is 8.20. The third-order valence-electron chi connectivity index (χ3n) is 3.84. The molecule has 0 amide bonds. The second kappa shape index (κ2) is 8.10. The largest absolute Gasteiger partial charge is 0.496 e. The van der Waals surface area contributed by atoms with Crippen LogP contribution in [0.3, 0.4) is 0 Å². The van der Waals surface area contributed by atoms with Crippen LogP contribution in [0.15, 0.2) is 60.8 Å². The summed E-state index contributed by atoms with van der Waals surface area (Å²) in [6, 6.07) is 18.0. The summed E-state index contributed by atoms with van der Waals surface area (Å²) in [6.45, 7) is 3.43. The molecule has 25 heavy (non-hydrogen) atoms. The van der Waals surface area contributed by atoms with Crippen molar-refractivity contribution in [3.05, 3.63) is 66.4 Å². The molecule has 0 aliphatic rings. The van der Waals surface area contributed by atoms with E-state index in [2.05, 4.69) is 32.3 Å². The molecular weight excluding hydrogens is 314 g/mol. The predicted octanol–water partition coefficient (Wildman–Crippen LogP) is 3.65. The van der Waals surface area contributed by atoms with Gasteiger partial charge in [-0.25, -0.2) is 0 Å². The number of nitrogens with one attached hydrogen (secondary N) is 1. The minimum atomic E-state index is 0.484. The topological polar surface area (TPSA) is 63.2 Å². The van der Waals surface area contributed by atoms with Gasteiger partial charge in [0.05, 0.1) is 13.3 Å². The van der Waals surface area contributed by atoms with E-state index in [1.807, 2.05) is 54.6 Å². The molecule has 0 fully saturated rings. The lowest BCUT2D eigenvalue weighted by Crippen LogP contribution is -2.18. The minimum absolute atomic E-state index is 0.484. The Morgan fingerprint density at radius 1 is 1.04 bits per heavy atom. The number of nitrogens with zero attached hydrogens (tertiary/aromatic N) is 4. The van der Waals surface area contributed by atoms with Crippen molar-refractivity contribution in [2.45, 2.75) is 13.5 Å². The average molecular weight is 335 g/mol. The number of hydrogen-bond donors (Lipinski definition) is 1. The van der Waals surface area contributed by atoms with Crippen molar-refractivity contribution >= 4 is 17.5 Å². The number of para-hydroxylation sites is 2. The van der Waals surface area contributed by atoms with Crippen LogP contribution in [-0.2, 0) is 6.54 Å². The van der Waals surface area contributed by atoms with Gasteiger partial charge in [0, 0.05) is 24.3 Å². The van der Waals surface area contributed by atoms with Crippen molar-refractivity contribution in [2.24, 2.45) is 0 Å². The van der Waals surface area contributed by atoms with E-state index in [1.54, 1.807) is 13.3 Å². The van der Waals surface area contributed by atoms with Crippen molar-refractivity contribution in [3.63, 3.8) is 0 Å². The van der Waals surface area contributed by atoms with Gasteiger partial charge in [0.15, 0.2) is 5.82 Å². The Morgan fingerprint density at radius 2 is 1.80 bits per heavy atom. The maximum Gasteiger partial charge on any atom is 0.244 e. The first-order chi connectivity index (χ1) is 12.3. The SMILES string of the molecule is CCN(c1ccccc1)c1cnnc(NCc2ccccc2OC)n1. The van der Waals surface area contributed by atoms with Crippen LogP contribution in [0.4, 0.5) is 17.5 Å². The van der Waals surface area contributed by atoms with E-state index < -0.39 is 0 Å². The van der Waals surface area contributed by atoms with E-state index >= 15 is 0 Å². The Labute approximate surface area is 147 Å². The molecule has 3 rings (SSSR count). The highest BCUT2D eigenvalue weighted by molar-refractivity contribution is 5.59. The maximum atomic E-state index is 5.37. The van der Waals surface area contributed by atoms with Gasteiger partial charge in [0.2, 0.25) is 5.95 Å². The van der Waals surface area contributed by atoms with Crippen LogP contribution in [0.2, 0.25) is 0 Å². The molecular formula is C19H21N5O. The van der Waals surface area contributed by atoms with Crippen molar-refractivity contribution in [3.8, 4) is 5.75 Å². The molecule has 1 N–H and O–H groups in total. The van der Waals surface area contributed by atoms with Crippen LogP contribution in [0, 0.1) is 0 Å². The molecule has 0 saturated carbocycles. The highest BCUT2D eigenvalue weighted by Gasteiger charge is 2.10. The van der Waals surface area contributed by atoms with Crippen LogP contribution in [0.1, 0.15) is 12.5 Å². The van der Waals surface area contributed by atoms with E-state index in [0.717, 1.165) is 29.4 Å². The zero-order valence-electron chi connectivity index (χ0n) is 14.4. The van der Waals surface area contributed by atoms with Gasteiger partial charge in [-0.05, 0) is 25.1 Å². The van der Waals surface area contributed by atoms with Crippen molar-refractivity contribution in [1.82, 2.24) is 15.2 Å². The summed E-state index contributed by atoms with van der Waals surface area (Å²) in [6.07, 6.45) is 1.67. The normalized spacial score (nSPS) is 10.3. The van der Waals surface area contributed by atoms with Crippen molar-refractivity contribution < 1.29 is 4.74 Å². The average Bonchev–Trinajstić information content (AvgIpc) is 2.68. The molecule has 1 heterocycles. The molecule has 0 spiro atoms. The highest BCUT2D eigenvalue weighted by atomic mass is 16.5. The van der Waals surface area contributed by atoms with E-state index in [9.17, 15) is 0 Å². The monoisotopic (exact) mass is 335 g/mol. The van der Waals surface area contributed by atoms with Crippen LogP contribution in [0.5, 0.6) is 5.75 Å². The molecule has 6 nitrogen and oxygen atoms in total. The Balaban J connectivity index is 1.77. The van der Waals surface area contributed by atoms with Crippen molar-refractivity contribution in [1.29, 1.82) is 0 Å². The number of anilines is 3. The van der Waals surface area contributed by atoms with Gasteiger partial charge in [-0.3, -0.25) is 0 Å². The number of rotatable bonds is 7. The summed E-state index contributed by atoms with van der Waals surface area (Å²) in [5, 5.41) is 11.4. The number of benzene rings is 2. The standard InChI is InChI=1S/C19H21N5O/c1-3-24(16-10-5-4-6-11-16)18-14-21-23-19(22-18)20-13-15-9-7-8-12-17(15)25-2/h4-12,14H,3,13H2,1-2H3,(H,20,22,23). The van der Waals surface area contributed by atoms with E-state index in [0.29, 0.717) is 12.5 Å². The molecule has 128 valence electrons. The lowest BCUT2D eigenvalue weighted by molar-refractivity contribution is 0.410. The summed E-state index contributed by atoms with van der Waals surface area (Å²) in [7, 11) is 1.66. The zero-order valence-corrected chi connectivity index (χ0v) is 14.4. The summed E-state index contributed by atoms with van der Waals surface area (Å²) in [5.41, 5.74) is 2.11. The van der Waals surface area contributed by atoms with Crippen LogP contribution < -0.4 is 15.0 Å². The molecule has 6 heteroatoms. The Kier molecular flexibility index (Phi) is 5.41. The second-order valence-electron chi connectivity index (χ2n) is 5.38. The van der Waals surface area contributed by atoms with Gasteiger partial charge in [0.1, 0.15) is 5.75 Å². The molecule has 0 unspecified atom stereocenters. The predicted molar refractivity (Wildman–Crippen MR) is 99.3 cm³/mol. The second-order valence-corrected chi connectivity index (χ2v) is 5.38. The van der Waals surface area contributed by atoms with E-state index in [-0.39, 0.29) is 0 Å². The molecule has 0 atom stereocenters. The smallest absolute Gasteiger partial charge is 0.244 e. The fraction of sp³-hybridized carbons (Fsp3) is 0.211. The van der Waals surface area contributed by atoms with Crippen molar-refractivity contribution in [2.75, 3.05) is 23.9 Å². The molecule has 0 aliphatic carbocycles. The summed E-state index contributed by atoms with van der Waals surface area (Å²) >= 11 is 0. The number of methoxy groups -OCH3 is 1. The zero-order chi connectivity index (χ0) is 17.5. The summed E-state index contributed by atoms with van der Waals surface area (Å²) in [4.78, 5) is 6.68. The first kappa shape index (κ1) is 16.7. The van der Waals surface area contributed by atoms with Crippen LogP contribution in [0.25, 0.3) is 0 Å². The maximum absolute atomic E-state index is 5.37. The summed E-state index contributed by atoms with van der Waals surface area (Å²) in [5.74, 6) is 2.07. The van der Waals surface area contributed by atoms with E-state index in [1.165, 1.54) is 0 Å². The highest BCUT2D eigenvalue weighted by Crippen LogP contribution is 2.23. The Bertz CT molecular complexity index is 810. The number of hydrogen-bond acceptors (Lipinski definition) is 6. The third-order valence-corrected chi connectivity index (χ3v) is 3.84. The lowest BCUT2D eigenvalue weighted by atomic mass is 10.2. The Hall–Kier alpha value is -3.15. The first-order valence-electron chi connectivity index (χ1n) is 8.20. The fourth-order valence-electron chi connectivity index (χ4n) is 2.61. The fourth-order valence-corrected chi connectivity index (χ4v) is 2.61. The minimum Gasteiger partial charge on any atom is -0.496 e. The van der Waals surface area contributed by atoms with Gasteiger partial charge in [-0.15, -0.1) is 5.10 Å². The quantitative estimate of drug-likeness (QED) is 0.711. The van der Waals surface area contributed by atoms with Gasteiger partial charge in [-0.1, -0.05) is 36.4 Å². The van der Waals surface area contributed by atoms with Gasteiger partial charge < -0.3 is 15.0 Å². The molecule has 0 radical (unpaired) electrons. The molecule has 1 aromatic heterocycles. The Morgan fingerprint density at radius 3 is 2.56 bits per heavy atom. The van der Waals surface area contributed by atoms with Gasteiger partial charge in [0.25, 0.3) is 0 Å². The molecule has 3 aromatic rings. The van der Waals surface area contributed by atoms with Gasteiger partial charge in [-0.2, -0.15) is 10.1 Å². The molecule has 2 aromatic carbocycles.